The lowest BCUT2D eigenvalue weighted by molar-refractivity contribution is -0.218. The van der Waals surface area contributed by atoms with Crippen molar-refractivity contribution in [1.29, 1.82) is 0 Å². The zero-order chi connectivity index (χ0) is 41.3. The Bertz CT molecular complexity index is 2150. The first-order valence-electron chi connectivity index (χ1n) is 17.8. The second kappa shape index (κ2) is 14.1. The Morgan fingerprint density at radius 2 is 1.84 bits per heavy atom. The van der Waals surface area contributed by atoms with Gasteiger partial charge in [-0.15, -0.1) is 0 Å². The van der Waals surface area contributed by atoms with Gasteiger partial charge in [0.1, 0.15) is 18.5 Å². The SMILES string of the molecule is CC(C)(C[C@]1(C2C=CC(c3cnn(C4CC4)c3)=CC2)N=C(N)N([C@H](COC(=O)NC2(C(F)(F)F)CC2)c2ccc(Cl)c(-c3ncnn3C(F)F)c2)C1=O)C(F)(F)F. The number of nitrogens with zero attached hydrogens (tertiary/aromatic N) is 7. The minimum Gasteiger partial charge on any atom is -0.447 e. The number of carbonyl (C=O) groups excluding carboxylic acids is 2. The molecular weight excluding hydrogens is 794 g/mol. The number of hydrogen-bond acceptors (Lipinski definition) is 8. The molecule has 2 amide bonds. The second-order valence-corrected chi connectivity index (χ2v) is 15.7. The Kier molecular flexibility index (Phi) is 9.96. The number of benzene rings is 1. The number of nitrogens with one attached hydrogen (secondary N) is 1. The van der Waals surface area contributed by atoms with E-state index in [2.05, 4.69) is 20.2 Å². The van der Waals surface area contributed by atoms with Crippen molar-refractivity contribution in [2.24, 2.45) is 22.1 Å². The number of alkyl halides is 8. The Balaban J connectivity index is 1.26. The maximum Gasteiger partial charge on any atom is 0.411 e. The lowest BCUT2D eigenvalue weighted by Crippen LogP contribution is -2.53. The number of carbonyl (C=O) groups is 2. The summed E-state index contributed by atoms with van der Waals surface area (Å²) in [6.07, 6.45) is -1.43. The van der Waals surface area contributed by atoms with E-state index in [0.717, 1.165) is 49.1 Å². The molecule has 3 aromatic rings. The van der Waals surface area contributed by atoms with Gasteiger partial charge in [0.05, 0.1) is 28.7 Å². The molecule has 1 aromatic carbocycles. The standard InChI is InChI=1S/C36H36ClF8N9O3/c1-32(2,35(40,41)42)17-34(22-6-3-19(4-7-22)21-14-48-52(15-21)23-8-9-23)28(55)53(30(46)50-34)26(16-57-31(56)51-33(11-12-33)36(43,44)45)20-5-10-25(37)24(13-20)27-47-18-49-54(27)29(38)39/h3-6,10,13-15,18,22-23,26,29H,7-9,11-12,16-17H2,1-2H3,(H2,46,50)(H,51,56)/t22?,26-,34-/m1/s1. The molecule has 3 heterocycles. The molecule has 1 aliphatic heterocycles. The third-order valence-electron chi connectivity index (χ3n) is 10.9. The summed E-state index contributed by atoms with van der Waals surface area (Å²) in [5.74, 6) is -3.01. The van der Waals surface area contributed by atoms with Crippen LogP contribution >= 0.6 is 11.6 Å². The molecule has 3 N–H and O–H groups in total. The van der Waals surface area contributed by atoms with Crippen LogP contribution < -0.4 is 11.1 Å². The first kappa shape index (κ1) is 40.2. The molecule has 0 bridgehead atoms. The normalized spacial score (nSPS) is 22.8. The summed E-state index contributed by atoms with van der Waals surface area (Å²) in [7, 11) is 0. The number of nitrogens with two attached hydrogens (primary N) is 1. The van der Waals surface area contributed by atoms with Crippen LogP contribution in [0.25, 0.3) is 17.0 Å². The number of ether oxygens (including phenoxy) is 1. The van der Waals surface area contributed by atoms with Crippen LogP contribution in [-0.2, 0) is 9.53 Å². The molecule has 3 aliphatic carbocycles. The van der Waals surface area contributed by atoms with Crippen LogP contribution in [0.4, 0.5) is 39.9 Å². The average Bonchev–Trinajstić information content (AvgIpc) is 4.00. The highest BCUT2D eigenvalue weighted by Gasteiger charge is 2.65. The van der Waals surface area contributed by atoms with Gasteiger partial charge in [0.2, 0.25) is 0 Å². The molecule has 12 nitrogen and oxygen atoms in total. The second-order valence-electron chi connectivity index (χ2n) is 15.3. The summed E-state index contributed by atoms with van der Waals surface area (Å²) >= 11 is 6.39. The molecule has 21 heteroatoms. The number of allylic oxidation sites excluding steroid dienone is 3. The number of rotatable bonds is 12. The number of halogens is 9. The Hall–Kier alpha value is -5.01. The fourth-order valence-corrected chi connectivity index (χ4v) is 7.42. The van der Waals surface area contributed by atoms with Crippen LogP contribution in [0.1, 0.15) is 82.1 Å². The molecule has 2 aromatic heterocycles. The Morgan fingerprint density at radius 1 is 1.12 bits per heavy atom. The van der Waals surface area contributed by atoms with Crippen LogP contribution in [0.5, 0.6) is 0 Å². The summed E-state index contributed by atoms with van der Waals surface area (Å²) in [5.41, 5.74) is 0.535. The van der Waals surface area contributed by atoms with Gasteiger partial charge in [-0.2, -0.15) is 50.0 Å². The van der Waals surface area contributed by atoms with Gasteiger partial charge in [-0.1, -0.05) is 49.7 Å². The highest BCUT2D eigenvalue weighted by molar-refractivity contribution is 6.33. The van der Waals surface area contributed by atoms with Gasteiger partial charge in [-0.05, 0) is 61.8 Å². The molecule has 57 heavy (non-hydrogen) atoms. The van der Waals surface area contributed by atoms with Crippen LogP contribution in [0.15, 0.2) is 60.1 Å². The molecule has 3 atom stereocenters. The van der Waals surface area contributed by atoms with Crippen molar-refractivity contribution in [3.63, 3.8) is 0 Å². The van der Waals surface area contributed by atoms with Crippen LogP contribution in [0, 0.1) is 11.3 Å². The van der Waals surface area contributed by atoms with E-state index in [-0.39, 0.29) is 27.3 Å². The van der Waals surface area contributed by atoms with Gasteiger partial charge in [0, 0.05) is 23.2 Å². The van der Waals surface area contributed by atoms with Gasteiger partial charge in [-0.25, -0.2) is 14.8 Å². The van der Waals surface area contributed by atoms with E-state index in [1.54, 1.807) is 24.4 Å². The average molecular weight is 830 g/mol. The number of aromatic nitrogens is 5. The first-order chi connectivity index (χ1) is 26.7. The summed E-state index contributed by atoms with van der Waals surface area (Å²) in [5, 5.41) is 9.60. The predicted molar refractivity (Wildman–Crippen MR) is 188 cm³/mol. The van der Waals surface area contributed by atoms with Gasteiger partial charge < -0.3 is 15.8 Å². The highest BCUT2D eigenvalue weighted by Crippen LogP contribution is 2.52. The molecule has 0 radical (unpaired) electrons. The smallest absolute Gasteiger partial charge is 0.411 e. The molecule has 0 saturated heterocycles. The number of alkyl carbamates (subject to hydrolysis) is 1. The van der Waals surface area contributed by atoms with Crippen LogP contribution in [-0.4, -0.2) is 77.4 Å². The zero-order valence-electron chi connectivity index (χ0n) is 30.3. The van der Waals surface area contributed by atoms with Crippen molar-refractivity contribution in [3.8, 4) is 11.4 Å². The van der Waals surface area contributed by atoms with E-state index in [4.69, 9.17) is 22.1 Å². The van der Waals surface area contributed by atoms with Crippen molar-refractivity contribution in [1.82, 2.24) is 34.8 Å². The predicted octanol–water partition coefficient (Wildman–Crippen LogP) is 7.92. The molecule has 306 valence electrons. The quantitative estimate of drug-likeness (QED) is 0.177. The van der Waals surface area contributed by atoms with Gasteiger partial charge >= 0.3 is 25.0 Å². The van der Waals surface area contributed by atoms with Crippen molar-refractivity contribution in [3.05, 3.63) is 71.3 Å². The Labute approximate surface area is 324 Å². The van der Waals surface area contributed by atoms with E-state index in [1.807, 2.05) is 16.2 Å². The van der Waals surface area contributed by atoms with Crippen molar-refractivity contribution < 1.29 is 49.4 Å². The molecular formula is C36H36ClF8N9O3. The lowest BCUT2D eigenvalue weighted by atomic mass is 9.69. The topological polar surface area (TPSA) is 146 Å². The highest BCUT2D eigenvalue weighted by atomic mass is 35.5. The van der Waals surface area contributed by atoms with Gasteiger partial charge in [0.15, 0.2) is 17.3 Å². The fraction of sp³-hybridized carbons (Fsp3) is 0.500. The fourth-order valence-electron chi connectivity index (χ4n) is 7.21. The summed E-state index contributed by atoms with van der Waals surface area (Å²) in [6.45, 7) is -2.24. The van der Waals surface area contributed by atoms with E-state index in [1.165, 1.54) is 18.2 Å². The maximum absolute atomic E-state index is 15.0. The molecule has 1 unspecified atom stereocenters. The monoisotopic (exact) mass is 829 g/mol. The van der Waals surface area contributed by atoms with Crippen molar-refractivity contribution in [2.45, 2.75) is 94.4 Å². The number of aliphatic imine (C=N–C) groups is 1. The number of guanidine groups is 1. The van der Waals surface area contributed by atoms with Gasteiger partial charge in [0.25, 0.3) is 5.91 Å². The van der Waals surface area contributed by atoms with Crippen molar-refractivity contribution >= 4 is 35.1 Å². The summed E-state index contributed by atoms with van der Waals surface area (Å²) in [6, 6.07) is 2.47. The molecule has 2 saturated carbocycles. The van der Waals surface area contributed by atoms with Gasteiger partial charge in [-0.3, -0.25) is 14.4 Å². The van der Waals surface area contributed by atoms with E-state index >= 15 is 0 Å². The zero-order valence-corrected chi connectivity index (χ0v) is 31.0. The van der Waals surface area contributed by atoms with E-state index in [9.17, 15) is 44.7 Å². The third-order valence-corrected chi connectivity index (χ3v) is 11.2. The minimum absolute atomic E-state index is 0.0191. The molecule has 2 fully saturated rings. The van der Waals surface area contributed by atoms with Crippen LogP contribution in [0.2, 0.25) is 5.02 Å². The molecule has 7 rings (SSSR count). The largest absolute Gasteiger partial charge is 0.447 e. The number of amides is 2. The van der Waals surface area contributed by atoms with E-state index < -0.39 is 97.0 Å². The van der Waals surface area contributed by atoms with Crippen LogP contribution in [0.3, 0.4) is 0 Å². The number of hydrogen-bond donors (Lipinski definition) is 2. The lowest BCUT2D eigenvalue weighted by Gasteiger charge is -2.40. The molecule has 4 aliphatic rings. The minimum atomic E-state index is -4.82. The maximum atomic E-state index is 15.0. The Morgan fingerprint density at radius 3 is 2.44 bits per heavy atom. The molecule has 0 spiro atoms. The third kappa shape index (κ3) is 7.47. The van der Waals surface area contributed by atoms with E-state index in [0.29, 0.717) is 6.04 Å². The first-order valence-corrected chi connectivity index (χ1v) is 18.2. The summed E-state index contributed by atoms with van der Waals surface area (Å²) < 4.78 is 120. The summed E-state index contributed by atoms with van der Waals surface area (Å²) in [4.78, 5) is 37.0. The van der Waals surface area contributed by atoms with Crippen molar-refractivity contribution in [2.75, 3.05) is 6.61 Å².